The third kappa shape index (κ3) is 4.97. The third-order valence-electron chi connectivity index (χ3n) is 2.77. The van der Waals surface area contributed by atoms with Gasteiger partial charge in [-0.2, -0.15) is 0 Å². The molecule has 0 atom stereocenters. The van der Waals surface area contributed by atoms with Gasteiger partial charge in [-0.1, -0.05) is 41.4 Å². The first-order valence-electron chi connectivity index (χ1n) is 6.76. The van der Waals surface area contributed by atoms with Crippen LogP contribution in [0.25, 0.3) is 0 Å². The number of aliphatic imine (C=N–C) groups is 1. The molecule has 22 heavy (non-hydrogen) atoms. The molecule has 0 aromatic heterocycles. The molecule has 114 valence electrons. The van der Waals surface area contributed by atoms with Gasteiger partial charge < -0.3 is 4.74 Å². The largest absolute Gasteiger partial charge is 0.426 e. The number of carbonyl (C=O) groups excluding carboxylic acids is 1. The Kier molecular flexibility index (Phi) is 5.75. The molecule has 0 aliphatic carbocycles. The first-order valence-corrected chi connectivity index (χ1v) is 7.93. The van der Waals surface area contributed by atoms with Crippen molar-refractivity contribution in [2.75, 3.05) is 0 Å². The normalized spacial score (nSPS) is 11.1. The number of hydrogen-bond acceptors (Lipinski definition) is 3. The van der Waals surface area contributed by atoms with Gasteiger partial charge >= 0.3 is 5.97 Å². The molecule has 0 aliphatic heterocycles. The number of nitrogens with zero attached hydrogens (tertiary/aromatic N) is 1. The van der Waals surface area contributed by atoms with Gasteiger partial charge in [0.15, 0.2) is 0 Å². The van der Waals surface area contributed by atoms with Crippen LogP contribution in [0.5, 0.6) is 5.75 Å². The number of carbonyl (C=O) groups is 1. The smallest absolute Gasteiger partial charge is 0.313 e. The lowest BCUT2D eigenvalue weighted by Gasteiger charge is -2.08. The van der Waals surface area contributed by atoms with Crippen molar-refractivity contribution in [3.8, 4) is 5.75 Å². The Hall–Kier alpha value is -1.65. The number of halogens is 2. The van der Waals surface area contributed by atoms with Crippen molar-refractivity contribution in [3.63, 3.8) is 0 Å². The Morgan fingerprint density at radius 2 is 1.91 bits per heavy atom. The summed E-state index contributed by atoms with van der Waals surface area (Å²) < 4.78 is 6.14. The lowest BCUT2D eigenvalue weighted by Crippen LogP contribution is -2.14. The lowest BCUT2D eigenvalue weighted by atomic mass is 10.2. The summed E-state index contributed by atoms with van der Waals surface area (Å²) in [5.41, 5.74) is 1.63. The second kappa shape index (κ2) is 7.56. The molecule has 0 aliphatic rings. The van der Waals surface area contributed by atoms with Crippen molar-refractivity contribution < 1.29 is 9.53 Å². The second-order valence-electron chi connectivity index (χ2n) is 5.03. The number of esters is 1. The Labute approximate surface area is 143 Å². The first-order chi connectivity index (χ1) is 10.4. The second-order valence-corrected chi connectivity index (χ2v) is 6.38. The van der Waals surface area contributed by atoms with Gasteiger partial charge in [0.2, 0.25) is 0 Å². The standard InChI is InChI=1S/C17H15BrClNO2/c1-11(2)17(21)22-16-8-12(7-13(18)9-16)10-20-15-5-3-14(19)4-6-15/h3-11H,1-2H3. The van der Waals surface area contributed by atoms with E-state index < -0.39 is 0 Å². The minimum atomic E-state index is -0.265. The lowest BCUT2D eigenvalue weighted by molar-refractivity contribution is -0.137. The van der Waals surface area contributed by atoms with Crippen LogP contribution in [0.3, 0.4) is 0 Å². The maximum atomic E-state index is 11.7. The summed E-state index contributed by atoms with van der Waals surface area (Å²) in [4.78, 5) is 16.0. The molecule has 2 rings (SSSR count). The van der Waals surface area contributed by atoms with E-state index in [2.05, 4.69) is 20.9 Å². The number of rotatable bonds is 4. The average Bonchev–Trinajstić information content (AvgIpc) is 2.46. The van der Waals surface area contributed by atoms with Gasteiger partial charge in [-0.25, -0.2) is 0 Å². The van der Waals surface area contributed by atoms with Gasteiger partial charge in [0, 0.05) is 15.7 Å². The van der Waals surface area contributed by atoms with E-state index in [1.807, 2.05) is 18.2 Å². The average molecular weight is 381 g/mol. The molecule has 0 saturated heterocycles. The van der Waals surface area contributed by atoms with E-state index >= 15 is 0 Å². The highest BCUT2D eigenvalue weighted by Gasteiger charge is 2.10. The first kappa shape index (κ1) is 16.7. The molecule has 2 aromatic rings. The maximum absolute atomic E-state index is 11.7. The van der Waals surface area contributed by atoms with Crippen molar-refractivity contribution in [3.05, 3.63) is 57.5 Å². The van der Waals surface area contributed by atoms with Gasteiger partial charge in [0.1, 0.15) is 5.75 Å². The summed E-state index contributed by atoms with van der Waals surface area (Å²) in [6.07, 6.45) is 1.71. The van der Waals surface area contributed by atoms with Gasteiger partial charge in [-0.3, -0.25) is 9.79 Å². The fourth-order valence-electron chi connectivity index (χ4n) is 1.63. The minimum absolute atomic E-state index is 0.176. The van der Waals surface area contributed by atoms with Crippen molar-refractivity contribution in [2.24, 2.45) is 10.9 Å². The topological polar surface area (TPSA) is 38.7 Å². The van der Waals surface area contributed by atoms with Crippen LogP contribution < -0.4 is 4.74 Å². The van der Waals surface area contributed by atoms with E-state index in [4.69, 9.17) is 16.3 Å². The van der Waals surface area contributed by atoms with Crippen LogP contribution in [0.15, 0.2) is 51.9 Å². The van der Waals surface area contributed by atoms with Crippen LogP contribution in [0.4, 0.5) is 5.69 Å². The number of ether oxygens (including phenoxy) is 1. The van der Waals surface area contributed by atoms with Crippen LogP contribution in [-0.2, 0) is 4.79 Å². The Morgan fingerprint density at radius 1 is 1.23 bits per heavy atom. The zero-order valence-electron chi connectivity index (χ0n) is 12.2. The quantitative estimate of drug-likeness (QED) is 0.404. The SMILES string of the molecule is CC(C)C(=O)Oc1cc(Br)cc(C=Nc2ccc(Cl)cc2)c1. The molecule has 5 heteroatoms. The summed E-state index contributed by atoms with van der Waals surface area (Å²) in [6, 6.07) is 12.6. The van der Waals surface area contributed by atoms with Crippen LogP contribution in [0.2, 0.25) is 5.02 Å². The molecule has 0 radical (unpaired) electrons. The molecule has 0 saturated carbocycles. The van der Waals surface area contributed by atoms with E-state index in [-0.39, 0.29) is 11.9 Å². The van der Waals surface area contributed by atoms with Gasteiger partial charge in [-0.05, 0) is 48.0 Å². The van der Waals surface area contributed by atoms with E-state index in [0.717, 1.165) is 15.7 Å². The van der Waals surface area contributed by atoms with Crippen molar-refractivity contribution >= 4 is 45.4 Å². The molecular weight excluding hydrogens is 366 g/mol. The van der Waals surface area contributed by atoms with Crippen molar-refractivity contribution in [2.45, 2.75) is 13.8 Å². The van der Waals surface area contributed by atoms with Crippen LogP contribution >= 0.6 is 27.5 Å². The minimum Gasteiger partial charge on any atom is -0.426 e. The Bertz CT molecular complexity index is 696. The Balaban J connectivity index is 2.19. The molecule has 0 amide bonds. The molecule has 0 bridgehead atoms. The number of benzene rings is 2. The molecule has 0 fully saturated rings. The van der Waals surface area contributed by atoms with Gasteiger partial charge in [-0.15, -0.1) is 0 Å². The van der Waals surface area contributed by atoms with Crippen molar-refractivity contribution in [1.82, 2.24) is 0 Å². The highest BCUT2D eigenvalue weighted by molar-refractivity contribution is 9.10. The molecule has 3 nitrogen and oxygen atoms in total. The highest BCUT2D eigenvalue weighted by Crippen LogP contribution is 2.22. The van der Waals surface area contributed by atoms with Crippen LogP contribution in [0, 0.1) is 5.92 Å². The summed E-state index contributed by atoms with van der Waals surface area (Å²) in [7, 11) is 0. The van der Waals surface area contributed by atoms with E-state index in [1.54, 1.807) is 44.3 Å². The van der Waals surface area contributed by atoms with Gasteiger partial charge in [0.25, 0.3) is 0 Å². The zero-order chi connectivity index (χ0) is 16.1. The number of hydrogen-bond donors (Lipinski definition) is 0. The molecule has 2 aromatic carbocycles. The van der Waals surface area contributed by atoms with Crippen molar-refractivity contribution in [1.29, 1.82) is 0 Å². The molecule has 0 heterocycles. The monoisotopic (exact) mass is 379 g/mol. The highest BCUT2D eigenvalue weighted by atomic mass is 79.9. The predicted molar refractivity (Wildman–Crippen MR) is 93.3 cm³/mol. The summed E-state index contributed by atoms with van der Waals surface area (Å²) in [6.45, 7) is 3.59. The summed E-state index contributed by atoms with van der Waals surface area (Å²) in [5.74, 6) is 0.0505. The fourth-order valence-corrected chi connectivity index (χ4v) is 2.24. The summed E-state index contributed by atoms with van der Waals surface area (Å²) >= 11 is 9.24. The summed E-state index contributed by atoms with van der Waals surface area (Å²) in [5, 5.41) is 0.671. The zero-order valence-corrected chi connectivity index (χ0v) is 14.6. The van der Waals surface area contributed by atoms with Crippen LogP contribution in [0.1, 0.15) is 19.4 Å². The van der Waals surface area contributed by atoms with Crippen LogP contribution in [-0.4, -0.2) is 12.2 Å². The third-order valence-corrected chi connectivity index (χ3v) is 3.48. The molecule has 0 N–H and O–H groups in total. The van der Waals surface area contributed by atoms with Gasteiger partial charge in [0.05, 0.1) is 11.6 Å². The van der Waals surface area contributed by atoms with E-state index in [9.17, 15) is 4.79 Å². The maximum Gasteiger partial charge on any atom is 0.313 e. The molecule has 0 unspecified atom stereocenters. The fraction of sp³-hybridized carbons (Fsp3) is 0.176. The predicted octanol–water partition coefficient (Wildman–Crippen LogP) is 5.41. The van der Waals surface area contributed by atoms with E-state index in [1.165, 1.54) is 0 Å². The molecule has 0 spiro atoms. The molecular formula is C17H15BrClNO2. The Morgan fingerprint density at radius 3 is 2.55 bits per heavy atom. The van der Waals surface area contributed by atoms with E-state index in [0.29, 0.717) is 10.8 Å².